The Morgan fingerprint density at radius 3 is 2.68 bits per heavy atom. The lowest BCUT2D eigenvalue weighted by molar-refractivity contribution is 0.614. The summed E-state index contributed by atoms with van der Waals surface area (Å²) in [5.41, 5.74) is 1.79. The Kier molecular flexibility index (Phi) is 3.00. The van der Waals surface area contributed by atoms with Gasteiger partial charge in [-0.2, -0.15) is 0 Å². The van der Waals surface area contributed by atoms with Crippen LogP contribution in [0, 0.1) is 0 Å². The van der Waals surface area contributed by atoms with Gasteiger partial charge in [-0.3, -0.25) is 0 Å². The first kappa shape index (κ1) is 12.2. The fourth-order valence-electron chi connectivity index (χ4n) is 1.77. The maximum Gasteiger partial charge on any atom is 0.227 e. The van der Waals surface area contributed by atoms with E-state index in [4.69, 9.17) is 16.0 Å². The van der Waals surface area contributed by atoms with E-state index in [1.165, 1.54) is 12.1 Å². The van der Waals surface area contributed by atoms with Crippen LogP contribution >= 0.6 is 11.6 Å². The molecule has 96 valence electrons. The molecule has 0 saturated carbocycles. The number of thiol groups is 1. The lowest BCUT2D eigenvalue weighted by Crippen LogP contribution is -1.79. The van der Waals surface area contributed by atoms with E-state index >= 15 is 0 Å². The van der Waals surface area contributed by atoms with E-state index in [1.54, 1.807) is 24.3 Å². The molecule has 0 bridgehead atoms. The highest BCUT2D eigenvalue weighted by Gasteiger charge is 2.09. The van der Waals surface area contributed by atoms with E-state index < -0.39 is 10.7 Å². The van der Waals surface area contributed by atoms with Crippen molar-refractivity contribution in [2.45, 2.75) is 4.90 Å². The monoisotopic (exact) mass is 293 g/mol. The van der Waals surface area contributed by atoms with Crippen LogP contribution in [0.25, 0.3) is 22.6 Å². The smallest absolute Gasteiger partial charge is 0.227 e. The van der Waals surface area contributed by atoms with Gasteiger partial charge in [0.1, 0.15) is 5.52 Å². The molecule has 0 fully saturated rings. The van der Waals surface area contributed by atoms with Crippen molar-refractivity contribution in [1.29, 1.82) is 0 Å². The summed E-state index contributed by atoms with van der Waals surface area (Å²) in [4.78, 5) is 4.49. The zero-order valence-electron chi connectivity index (χ0n) is 9.54. The van der Waals surface area contributed by atoms with E-state index in [-0.39, 0.29) is 4.90 Å². The van der Waals surface area contributed by atoms with Crippen LogP contribution in [0.1, 0.15) is 0 Å². The normalized spacial score (nSPS) is 11.3. The molecule has 2 aromatic carbocycles. The molecule has 0 radical (unpaired) electrons. The molecule has 0 N–H and O–H groups in total. The number of fused-ring (bicyclic) bond motifs is 1. The van der Waals surface area contributed by atoms with Crippen molar-refractivity contribution in [3.05, 3.63) is 47.5 Å². The van der Waals surface area contributed by atoms with Gasteiger partial charge in [-0.1, -0.05) is 17.7 Å². The predicted octanol–water partition coefficient (Wildman–Crippen LogP) is 3.12. The average Bonchev–Trinajstić information content (AvgIpc) is 2.81. The Hall–Kier alpha value is -1.85. The fraction of sp³-hybridized carbons (Fsp3) is 0. The third-order valence-corrected chi connectivity index (χ3v) is 3.59. The van der Waals surface area contributed by atoms with E-state index in [9.17, 15) is 8.42 Å². The first-order chi connectivity index (χ1) is 9.13. The Bertz CT molecular complexity index is 831. The first-order valence-corrected chi connectivity index (χ1v) is 7.00. The van der Waals surface area contributed by atoms with Gasteiger partial charge >= 0.3 is 0 Å². The van der Waals surface area contributed by atoms with E-state index in [0.29, 0.717) is 22.0 Å². The standard InChI is InChI=1S/C13H8ClNO3S/c14-9-3-1-2-8(6-9)13-15-11-7-10(19(16)17)4-5-12(11)18-13/h1-7,19H. The van der Waals surface area contributed by atoms with Crippen LogP contribution in [-0.2, 0) is 10.7 Å². The van der Waals surface area contributed by atoms with Crippen LogP contribution in [0.15, 0.2) is 51.8 Å². The predicted molar refractivity (Wildman–Crippen MR) is 73.0 cm³/mol. The molecule has 0 aliphatic carbocycles. The van der Waals surface area contributed by atoms with Crippen LogP contribution in [-0.4, -0.2) is 13.4 Å². The summed E-state index contributed by atoms with van der Waals surface area (Å²) in [7, 11) is -2.62. The highest BCUT2D eigenvalue weighted by Crippen LogP contribution is 2.26. The van der Waals surface area contributed by atoms with Crippen molar-refractivity contribution in [3.8, 4) is 11.5 Å². The van der Waals surface area contributed by atoms with Gasteiger partial charge in [0.25, 0.3) is 0 Å². The summed E-state index contributed by atoms with van der Waals surface area (Å²) in [6, 6.07) is 11.7. The van der Waals surface area contributed by atoms with Crippen molar-refractivity contribution in [3.63, 3.8) is 0 Å². The molecule has 3 rings (SSSR count). The summed E-state index contributed by atoms with van der Waals surface area (Å²) >= 11 is 5.91. The van der Waals surface area contributed by atoms with Crippen LogP contribution in [0.2, 0.25) is 5.02 Å². The molecule has 0 atom stereocenters. The third-order valence-electron chi connectivity index (χ3n) is 2.65. The van der Waals surface area contributed by atoms with E-state index in [0.717, 1.165) is 5.56 Å². The van der Waals surface area contributed by atoms with E-state index in [1.807, 2.05) is 6.07 Å². The minimum atomic E-state index is -2.62. The number of oxazole rings is 1. The minimum Gasteiger partial charge on any atom is -0.436 e. The quantitative estimate of drug-likeness (QED) is 0.738. The van der Waals surface area contributed by atoms with Gasteiger partial charge < -0.3 is 4.42 Å². The molecular weight excluding hydrogens is 286 g/mol. The number of hydrogen-bond acceptors (Lipinski definition) is 4. The van der Waals surface area contributed by atoms with Crippen molar-refractivity contribution in [2.75, 3.05) is 0 Å². The molecule has 0 spiro atoms. The van der Waals surface area contributed by atoms with Gasteiger partial charge in [-0.05, 0) is 36.4 Å². The van der Waals surface area contributed by atoms with Gasteiger partial charge in [0, 0.05) is 10.6 Å². The second-order valence-electron chi connectivity index (χ2n) is 3.94. The lowest BCUT2D eigenvalue weighted by Gasteiger charge is -1.94. The number of rotatable bonds is 2. The Morgan fingerprint density at radius 2 is 1.95 bits per heavy atom. The number of benzene rings is 2. The molecule has 0 saturated heterocycles. The van der Waals surface area contributed by atoms with Crippen LogP contribution < -0.4 is 0 Å². The second kappa shape index (κ2) is 4.68. The molecular formula is C13H8ClNO3S. The second-order valence-corrected chi connectivity index (χ2v) is 5.41. The Balaban J connectivity index is 2.16. The highest BCUT2D eigenvalue weighted by atomic mass is 35.5. The van der Waals surface area contributed by atoms with Crippen LogP contribution in [0.5, 0.6) is 0 Å². The summed E-state index contributed by atoms with van der Waals surface area (Å²) in [5.74, 6) is 0.413. The van der Waals surface area contributed by atoms with Gasteiger partial charge in [-0.25, -0.2) is 13.4 Å². The van der Waals surface area contributed by atoms with Gasteiger partial charge in [0.15, 0.2) is 16.3 Å². The molecule has 19 heavy (non-hydrogen) atoms. The minimum absolute atomic E-state index is 0.216. The summed E-state index contributed by atoms with van der Waals surface area (Å²) in [6.45, 7) is 0. The summed E-state index contributed by atoms with van der Waals surface area (Å²) in [5, 5.41) is 0.586. The zero-order chi connectivity index (χ0) is 13.4. The van der Waals surface area contributed by atoms with Crippen molar-refractivity contribution >= 4 is 33.4 Å². The van der Waals surface area contributed by atoms with Crippen molar-refractivity contribution in [1.82, 2.24) is 4.98 Å². The molecule has 0 amide bonds. The first-order valence-electron chi connectivity index (χ1n) is 5.44. The average molecular weight is 294 g/mol. The molecule has 1 heterocycles. The SMILES string of the molecule is O=[SH](=O)c1ccc2oc(-c3cccc(Cl)c3)nc2c1. The van der Waals surface area contributed by atoms with Gasteiger partial charge in [0.2, 0.25) is 5.89 Å². The Morgan fingerprint density at radius 1 is 1.11 bits per heavy atom. The molecule has 1 aromatic heterocycles. The number of halogens is 1. The topological polar surface area (TPSA) is 60.2 Å². The van der Waals surface area contributed by atoms with Crippen molar-refractivity contribution < 1.29 is 12.8 Å². The van der Waals surface area contributed by atoms with Crippen LogP contribution in [0.4, 0.5) is 0 Å². The largest absolute Gasteiger partial charge is 0.436 e. The highest BCUT2D eigenvalue weighted by molar-refractivity contribution is 7.72. The van der Waals surface area contributed by atoms with Gasteiger partial charge in [-0.15, -0.1) is 0 Å². The number of aromatic nitrogens is 1. The molecule has 0 unspecified atom stereocenters. The number of hydrogen-bond donors (Lipinski definition) is 1. The summed E-state index contributed by atoms with van der Waals surface area (Å²) in [6.07, 6.45) is 0. The maximum absolute atomic E-state index is 10.9. The maximum atomic E-state index is 10.9. The fourth-order valence-corrected chi connectivity index (χ4v) is 2.39. The lowest BCUT2D eigenvalue weighted by atomic mass is 10.2. The molecule has 3 aromatic rings. The Labute approximate surface area is 115 Å². The van der Waals surface area contributed by atoms with Crippen molar-refractivity contribution in [2.24, 2.45) is 0 Å². The third kappa shape index (κ3) is 2.34. The van der Waals surface area contributed by atoms with Crippen LogP contribution in [0.3, 0.4) is 0 Å². The number of nitrogens with zero attached hydrogens (tertiary/aromatic N) is 1. The molecule has 0 aliphatic heterocycles. The zero-order valence-corrected chi connectivity index (χ0v) is 11.2. The molecule has 4 nitrogen and oxygen atoms in total. The molecule has 6 heteroatoms. The van der Waals surface area contributed by atoms with E-state index in [2.05, 4.69) is 4.98 Å². The summed E-state index contributed by atoms with van der Waals surface area (Å²) < 4.78 is 27.4. The van der Waals surface area contributed by atoms with Gasteiger partial charge in [0.05, 0.1) is 4.90 Å². The molecule has 0 aliphatic rings.